The minimum absolute atomic E-state index is 0.206. The molecule has 0 radical (unpaired) electrons. The molecule has 114 valence electrons. The highest BCUT2D eigenvalue weighted by molar-refractivity contribution is 5.88. The van der Waals surface area contributed by atoms with E-state index in [9.17, 15) is 14.4 Å². The third-order valence-electron chi connectivity index (χ3n) is 3.49. The Balaban J connectivity index is 2.71. The van der Waals surface area contributed by atoms with Crippen molar-refractivity contribution in [1.29, 1.82) is 0 Å². The number of piperidine rings is 1. The normalized spacial score (nSPS) is 20.1. The van der Waals surface area contributed by atoms with Crippen LogP contribution in [0.15, 0.2) is 0 Å². The summed E-state index contributed by atoms with van der Waals surface area (Å²) >= 11 is 0. The number of carboxylic acid groups (broad SMARTS) is 1. The molecular weight excluding hydrogens is 262 g/mol. The molecule has 7 heteroatoms. The van der Waals surface area contributed by atoms with Crippen LogP contribution in [0.5, 0.6) is 0 Å². The van der Waals surface area contributed by atoms with Gasteiger partial charge in [-0.05, 0) is 25.7 Å². The Morgan fingerprint density at radius 1 is 1.35 bits per heavy atom. The van der Waals surface area contributed by atoms with E-state index in [1.807, 2.05) is 6.92 Å². The van der Waals surface area contributed by atoms with Gasteiger partial charge in [-0.15, -0.1) is 0 Å². The largest absolute Gasteiger partial charge is 0.480 e. The Kier molecular flexibility index (Phi) is 6.27. The second-order valence-corrected chi connectivity index (χ2v) is 4.95. The zero-order chi connectivity index (χ0) is 15.1. The summed E-state index contributed by atoms with van der Waals surface area (Å²) in [6, 6.07) is -1.89. The maximum absolute atomic E-state index is 12.2. The molecule has 3 N–H and O–H groups in total. The summed E-state index contributed by atoms with van der Waals surface area (Å²) in [4.78, 5) is 36.5. The highest BCUT2D eigenvalue weighted by Gasteiger charge is 2.33. The fourth-order valence-corrected chi connectivity index (χ4v) is 2.39. The van der Waals surface area contributed by atoms with Gasteiger partial charge in [0.15, 0.2) is 0 Å². The maximum atomic E-state index is 12.2. The molecule has 3 amide bonds. The molecule has 0 spiro atoms. The van der Waals surface area contributed by atoms with Crippen molar-refractivity contribution in [3.63, 3.8) is 0 Å². The molecule has 1 unspecified atom stereocenters. The SMILES string of the molecule is CCC[C@H](NC(=O)N1CCCCC1C(=O)NC)C(=O)O. The van der Waals surface area contributed by atoms with Crippen LogP contribution in [0, 0.1) is 0 Å². The second-order valence-electron chi connectivity index (χ2n) is 4.95. The molecule has 1 saturated heterocycles. The van der Waals surface area contributed by atoms with Crippen molar-refractivity contribution in [1.82, 2.24) is 15.5 Å². The van der Waals surface area contributed by atoms with Crippen LogP contribution in [0.4, 0.5) is 4.79 Å². The number of carboxylic acids is 1. The third kappa shape index (κ3) is 4.11. The number of aliphatic carboxylic acids is 1. The molecule has 1 aliphatic heterocycles. The van der Waals surface area contributed by atoms with Gasteiger partial charge in [0.25, 0.3) is 0 Å². The Labute approximate surface area is 118 Å². The van der Waals surface area contributed by atoms with Crippen molar-refractivity contribution in [3.8, 4) is 0 Å². The van der Waals surface area contributed by atoms with Crippen LogP contribution in [0.2, 0.25) is 0 Å². The van der Waals surface area contributed by atoms with Crippen molar-refractivity contribution >= 4 is 17.9 Å². The highest BCUT2D eigenvalue weighted by Crippen LogP contribution is 2.17. The molecule has 7 nitrogen and oxygen atoms in total. The summed E-state index contributed by atoms with van der Waals surface area (Å²) in [5.41, 5.74) is 0. The standard InChI is InChI=1S/C13H23N3O4/c1-3-6-9(12(18)19)15-13(20)16-8-5-4-7-10(16)11(17)14-2/h9-10H,3-8H2,1-2H3,(H,14,17)(H,15,20)(H,18,19)/t9-,10?/m0/s1. The number of urea groups is 1. The van der Waals surface area contributed by atoms with E-state index in [4.69, 9.17) is 5.11 Å². The average Bonchev–Trinajstić information content (AvgIpc) is 2.45. The van der Waals surface area contributed by atoms with Crippen LogP contribution < -0.4 is 10.6 Å². The molecule has 1 heterocycles. The zero-order valence-electron chi connectivity index (χ0n) is 12.0. The first kappa shape index (κ1) is 16.3. The topological polar surface area (TPSA) is 98.7 Å². The van der Waals surface area contributed by atoms with Gasteiger partial charge in [-0.25, -0.2) is 9.59 Å². The minimum Gasteiger partial charge on any atom is -0.480 e. The number of likely N-dealkylation sites (tertiary alicyclic amines) is 1. The highest BCUT2D eigenvalue weighted by atomic mass is 16.4. The molecule has 1 rings (SSSR count). The van der Waals surface area contributed by atoms with Crippen molar-refractivity contribution in [2.45, 2.75) is 51.1 Å². The number of rotatable bonds is 5. The lowest BCUT2D eigenvalue weighted by Gasteiger charge is -2.35. The third-order valence-corrected chi connectivity index (χ3v) is 3.49. The first-order valence-corrected chi connectivity index (χ1v) is 7.02. The van der Waals surface area contributed by atoms with Gasteiger partial charge in [0, 0.05) is 13.6 Å². The fourth-order valence-electron chi connectivity index (χ4n) is 2.39. The van der Waals surface area contributed by atoms with Crippen LogP contribution >= 0.6 is 0 Å². The van der Waals surface area contributed by atoms with Crippen LogP contribution in [0.3, 0.4) is 0 Å². The van der Waals surface area contributed by atoms with E-state index < -0.39 is 24.1 Å². The summed E-state index contributed by atoms with van der Waals surface area (Å²) in [7, 11) is 1.53. The average molecular weight is 285 g/mol. The monoisotopic (exact) mass is 285 g/mol. The number of hydrogen-bond acceptors (Lipinski definition) is 3. The van der Waals surface area contributed by atoms with Gasteiger partial charge >= 0.3 is 12.0 Å². The molecule has 2 atom stereocenters. The lowest BCUT2D eigenvalue weighted by Crippen LogP contribution is -2.56. The van der Waals surface area contributed by atoms with E-state index >= 15 is 0 Å². The van der Waals surface area contributed by atoms with Crippen molar-refractivity contribution < 1.29 is 19.5 Å². The molecule has 0 saturated carbocycles. The Morgan fingerprint density at radius 2 is 2.05 bits per heavy atom. The molecule has 20 heavy (non-hydrogen) atoms. The number of amides is 3. The van der Waals surface area contributed by atoms with Crippen LogP contribution in [0.1, 0.15) is 39.0 Å². The van der Waals surface area contributed by atoms with Gasteiger partial charge in [0.1, 0.15) is 12.1 Å². The van der Waals surface area contributed by atoms with E-state index in [0.717, 1.165) is 12.8 Å². The molecule has 0 aromatic carbocycles. The second kappa shape index (κ2) is 7.72. The van der Waals surface area contributed by atoms with Crippen molar-refractivity contribution in [2.24, 2.45) is 0 Å². The first-order valence-electron chi connectivity index (χ1n) is 7.02. The number of hydrogen-bond donors (Lipinski definition) is 3. The smallest absolute Gasteiger partial charge is 0.326 e. The Hall–Kier alpha value is -1.79. The summed E-state index contributed by atoms with van der Waals surface area (Å²) in [6.45, 7) is 2.33. The molecule has 1 fully saturated rings. The summed E-state index contributed by atoms with van der Waals surface area (Å²) in [5.74, 6) is -1.25. The van der Waals surface area contributed by atoms with Crippen molar-refractivity contribution in [3.05, 3.63) is 0 Å². The quantitative estimate of drug-likeness (QED) is 0.687. The fraction of sp³-hybridized carbons (Fsp3) is 0.769. The molecule has 0 aromatic heterocycles. The molecule has 0 aliphatic carbocycles. The van der Waals surface area contributed by atoms with Crippen molar-refractivity contribution in [2.75, 3.05) is 13.6 Å². The lowest BCUT2D eigenvalue weighted by molar-refractivity contribution is -0.139. The molecule has 0 aromatic rings. The van der Waals surface area contributed by atoms with Gasteiger partial charge < -0.3 is 20.6 Å². The maximum Gasteiger partial charge on any atom is 0.326 e. The first-order chi connectivity index (χ1) is 9.51. The van der Waals surface area contributed by atoms with Crippen LogP contribution in [0.25, 0.3) is 0 Å². The van der Waals surface area contributed by atoms with E-state index in [-0.39, 0.29) is 5.91 Å². The summed E-state index contributed by atoms with van der Waals surface area (Å²) in [5, 5.41) is 14.1. The van der Waals surface area contributed by atoms with Crippen LogP contribution in [-0.4, -0.2) is 53.6 Å². The van der Waals surface area contributed by atoms with E-state index in [1.165, 1.54) is 11.9 Å². The number of carbonyl (C=O) groups is 3. The van der Waals surface area contributed by atoms with E-state index in [0.29, 0.717) is 25.8 Å². The van der Waals surface area contributed by atoms with Gasteiger partial charge in [0.05, 0.1) is 0 Å². The number of nitrogens with zero attached hydrogens (tertiary/aromatic N) is 1. The van der Waals surface area contributed by atoms with Gasteiger partial charge in [-0.3, -0.25) is 4.79 Å². The van der Waals surface area contributed by atoms with E-state index in [2.05, 4.69) is 10.6 Å². The van der Waals surface area contributed by atoms with Gasteiger partial charge in [0.2, 0.25) is 5.91 Å². The zero-order valence-corrected chi connectivity index (χ0v) is 12.0. The summed E-state index contributed by atoms with van der Waals surface area (Å²) < 4.78 is 0. The van der Waals surface area contributed by atoms with Gasteiger partial charge in [-0.1, -0.05) is 13.3 Å². The number of likely N-dealkylation sites (N-methyl/N-ethyl adjacent to an activating group) is 1. The molecule has 1 aliphatic rings. The van der Waals surface area contributed by atoms with Crippen LogP contribution in [-0.2, 0) is 9.59 Å². The molecular formula is C13H23N3O4. The summed E-state index contributed by atoms with van der Waals surface area (Å²) in [6.07, 6.45) is 3.36. The number of nitrogens with one attached hydrogen (secondary N) is 2. The Bertz CT molecular complexity index is 373. The Morgan fingerprint density at radius 3 is 2.60 bits per heavy atom. The minimum atomic E-state index is -1.05. The van der Waals surface area contributed by atoms with E-state index in [1.54, 1.807) is 0 Å². The predicted molar refractivity (Wildman–Crippen MR) is 73.3 cm³/mol. The predicted octanol–water partition coefficient (Wildman–Crippen LogP) is 0.550. The molecule has 0 bridgehead atoms. The lowest BCUT2D eigenvalue weighted by atomic mass is 10.0. The van der Waals surface area contributed by atoms with Gasteiger partial charge in [-0.2, -0.15) is 0 Å². The number of carbonyl (C=O) groups excluding carboxylic acids is 2.